The SMILES string of the molecule is CC(C)(C)OC(=O)NCC(=O)c1ccc(Cl)c(-c2cccc(NC(=O)[C@@H]3C[C@@H](F)CN3C(=O)Cn3nc(C(N)=O)c4ccccc43)c2F)c1. The molecule has 4 amide bonds. The fourth-order valence-corrected chi connectivity index (χ4v) is 5.70. The third-order valence-corrected chi connectivity index (χ3v) is 8.01. The maximum atomic E-state index is 15.9. The number of carbonyl (C=O) groups excluding carboxylic acids is 5. The van der Waals surface area contributed by atoms with Crippen LogP contribution in [0.4, 0.5) is 19.3 Å². The maximum Gasteiger partial charge on any atom is 0.408 e. The van der Waals surface area contributed by atoms with Gasteiger partial charge in [0.1, 0.15) is 24.4 Å². The number of hydrogen-bond acceptors (Lipinski definition) is 7. The molecule has 5 rings (SSSR count). The first kappa shape index (κ1) is 35.0. The molecule has 1 aliphatic rings. The van der Waals surface area contributed by atoms with E-state index >= 15 is 4.39 Å². The molecule has 4 aromatic rings. The summed E-state index contributed by atoms with van der Waals surface area (Å²) in [6.07, 6.45) is -2.62. The van der Waals surface area contributed by atoms with Crippen LogP contribution in [0.5, 0.6) is 0 Å². The van der Waals surface area contributed by atoms with Crippen molar-refractivity contribution in [1.82, 2.24) is 20.0 Å². The number of primary amides is 1. The number of fused-ring (bicyclic) bond motifs is 1. The van der Waals surface area contributed by atoms with Crippen LogP contribution in [0.1, 0.15) is 48.0 Å². The highest BCUT2D eigenvalue weighted by Crippen LogP contribution is 2.34. The summed E-state index contributed by atoms with van der Waals surface area (Å²) in [5.74, 6) is -3.63. The largest absolute Gasteiger partial charge is 0.444 e. The lowest BCUT2D eigenvalue weighted by Crippen LogP contribution is -2.44. The van der Waals surface area contributed by atoms with Crippen LogP contribution in [0, 0.1) is 5.82 Å². The van der Waals surface area contributed by atoms with E-state index in [0.717, 1.165) is 4.90 Å². The average Bonchev–Trinajstić information content (AvgIpc) is 3.61. The smallest absolute Gasteiger partial charge is 0.408 e. The van der Waals surface area contributed by atoms with E-state index in [0.29, 0.717) is 10.9 Å². The van der Waals surface area contributed by atoms with E-state index < -0.39 is 59.8 Å². The van der Waals surface area contributed by atoms with E-state index in [9.17, 15) is 28.4 Å². The third kappa shape index (κ3) is 7.86. The number of hydrogen-bond donors (Lipinski definition) is 3. The van der Waals surface area contributed by atoms with Crippen molar-refractivity contribution >= 4 is 57.8 Å². The van der Waals surface area contributed by atoms with Gasteiger partial charge < -0.3 is 26.0 Å². The first-order chi connectivity index (χ1) is 23.1. The van der Waals surface area contributed by atoms with Gasteiger partial charge in [-0.1, -0.05) is 41.9 Å². The molecule has 1 fully saturated rings. The lowest BCUT2D eigenvalue weighted by Gasteiger charge is -2.24. The molecule has 2 heterocycles. The molecule has 1 aliphatic heterocycles. The molecule has 0 radical (unpaired) electrons. The van der Waals surface area contributed by atoms with E-state index in [-0.39, 0.29) is 52.6 Å². The minimum atomic E-state index is -1.52. The molecule has 4 N–H and O–H groups in total. The van der Waals surface area contributed by atoms with Crippen LogP contribution >= 0.6 is 11.6 Å². The normalized spacial score (nSPS) is 16.0. The van der Waals surface area contributed by atoms with Gasteiger partial charge >= 0.3 is 6.09 Å². The van der Waals surface area contributed by atoms with Crippen molar-refractivity contribution < 1.29 is 37.5 Å². The van der Waals surface area contributed by atoms with Gasteiger partial charge in [0.05, 0.1) is 24.3 Å². The van der Waals surface area contributed by atoms with E-state index in [1.165, 1.54) is 41.1 Å². The summed E-state index contributed by atoms with van der Waals surface area (Å²) < 4.78 is 37.0. The number of Topliss-reactive ketones (excluding diaryl/α,β-unsaturated/α-hetero) is 1. The minimum absolute atomic E-state index is 0.0367. The van der Waals surface area contributed by atoms with Gasteiger partial charge in [0.15, 0.2) is 17.3 Å². The Bertz CT molecular complexity index is 1980. The number of rotatable bonds is 9. The second kappa shape index (κ2) is 14.0. The minimum Gasteiger partial charge on any atom is -0.444 e. The zero-order valence-electron chi connectivity index (χ0n) is 26.8. The van der Waals surface area contributed by atoms with Crippen LogP contribution in [0.25, 0.3) is 22.0 Å². The predicted octanol–water partition coefficient (Wildman–Crippen LogP) is 4.88. The Morgan fingerprint density at radius 3 is 2.49 bits per heavy atom. The number of amides is 4. The average molecular weight is 695 g/mol. The number of ether oxygens (including phenoxy) is 1. The van der Waals surface area contributed by atoms with Gasteiger partial charge in [-0.05, 0) is 51.1 Å². The monoisotopic (exact) mass is 694 g/mol. The van der Waals surface area contributed by atoms with Gasteiger partial charge in [-0.2, -0.15) is 5.10 Å². The number of benzene rings is 3. The number of aromatic nitrogens is 2. The molecule has 1 aromatic heterocycles. The van der Waals surface area contributed by atoms with E-state index in [2.05, 4.69) is 15.7 Å². The Morgan fingerprint density at radius 1 is 1.04 bits per heavy atom. The topological polar surface area (TPSA) is 166 Å². The van der Waals surface area contributed by atoms with Gasteiger partial charge in [-0.25, -0.2) is 13.6 Å². The summed E-state index contributed by atoms with van der Waals surface area (Å²) in [5.41, 5.74) is 5.06. The number of nitrogens with two attached hydrogens (primary N) is 1. The molecule has 0 bridgehead atoms. The Labute approximate surface area is 284 Å². The van der Waals surface area contributed by atoms with Crippen LogP contribution < -0.4 is 16.4 Å². The fourth-order valence-electron chi connectivity index (χ4n) is 5.48. The number of halogens is 3. The highest BCUT2D eigenvalue weighted by molar-refractivity contribution is 6.33. The molecule has 256 valence electrons. The number of carbonyl (C=O) groups is 5. The van der Waals surface area contributed by atoms with Crippen molar-refractivity contribution in [2.45, 2.75) is 51.6 Å². The zero-order chi connectivity index (χ0) is 35.6. The van der Waals surface area contributed by atoms with Gasteiger partial charge in [0, 0.05) is 33.5 Å². The number of anilines is 1. The highest BCUT2D eigenvalue weighted by atomic mass is 35.5. The number of para-hydroxylation sites is 1. The molecular formula is C34H33ClF2N6O6. The fraction of sp³-hybridized carbons (Fsp3) is 0.294. The van der Waals surface area contributed by atoms with Crippen molar-refractivity contribution in [1.29, 1.82) is 0 Å². The standard InChI is InChI=1S/C34H33ClF2N6O6/c1-34(2,3)49-33(48)39-15-27(44)18-11-12-23(35)22(13-18)20-8-6-9-24(29(20)37)40-32(47)26-14-19(36)16-42(26)28(45)17-43-25-10-5-4-7-21(25)30(41-43)31(38)46/h4-13,19,26H,14-17H2,1-3H3,(H2,38,46)(H,39,48)(H,40,47)/t19-,26+/m1/s1. The Morgan fingerprint density at radius 2 is 1.78 bits per heavy atom. The summed E-state index contributed by atoms with van der Waals surface area (Å²) in [6.45, 7) is 3.87. The second-order valence-corrected chi connectivity index (χ2v) is 12.8. The van der Waals surface area contributed by atoms with Gasteiger partial charge in [-0.15, -0.1) is 0 Å². The van der Waals surface area contributed by atoms with Crippen LogP contribution in [0.15, 0.2) is 60.7 Å². The van der Waals surface area contributed by atoms with E-state index in [1.54, 1.807) is 45.0 Å². The Balaban J connectivity index is 1.32. The molecule has 0 unspecified atom stereocenters. The number of nitrogens with one attached hydrogen (secondary N) is 2. The molecule has 49 heavy (non-hydrogen) atoms. The van der Waals surface area contributed by atoms with Crippen LogP contribution in [-0.4, -0.2) is 75.2 Å². The maximum absolute atomic E-state index is 15.9. The molecule has 1 saturated heterocycles. The predicted molar refractivity (Wildman–Crippen MR) is 177 cm³/mol. The summed E-state index contributed by atoms with van der Waals surface area (Å²) in [6, 6.07) is 13.7. The van der Waals surface area contributed by atoms with Crippen molar-refractivity contribution in [3.8, 4) is 11.1 Å². The summed E-state index contributed by atoms with van der Waals surface area (Å²) in [5, 5.41) is 9.54. The van der Waals surface area contributed by atoms with Gasteiger partial charge in [0.2, 0.25) is 11.8 Å². The second-order valence-electron chi connectivity index (χ2n) is 12.4. The van der Waals surface area contributed by atoms with Gasteiger partial charge in [0.25, 0.3) is 5.91 Å². The molecule has 0 spiro atoms. The first-order valence-corrected chi connectivity index (χ1v) is 15.6. The number of ketones is 1. The molecule has 3 aromatic carbocycles. The summed E-state index contributed by atoms with van der Waals surface area (Å²) in [7, 11) is 0. The Hall–Kier alpha value is -5.37. The number of alkyl carbamates (subject to hydrolysis) is 1. The van der Waals surface area contributed by atoms with Crippen LogP contribution in [0.3, 0.4) is 0 Å². The molecular weight excluding hydrogens is 662 g/mol. The molecule has 2 atom stereocenters. The van der Waals surface area contributed by atoms with Crippen LogP contribution in [-0.2, 0) is 20.9 Å². The third-order valence-electron chi connectivity index (χ3n) is 7.68. The van der Waals surface area contributed by atoms with E-state index in [1.807, 2.05) is 0 Å². The van der Waals surface area contributed by atoms with Crippen molar-refractivity contribution in [3.05, 3.63) is 82.8 Å². The number of nitrogens with zero attached hydrogens (tertiary/aromatic N) is 3. The van der Waals surface area contributed by atoms with Crippen molar-refractivity contribution in [2.24, 2.45) is 5.73 Å². The quantitative estimate of drug-likeness (QED) is 0.210. The van der Waals surface area contributed by atoms with Crippen molar-refractivity contribution in [3.63, 3.8) is 0 Å². The molecule has 0 saturated carbocycles. The zero-order valence-corrected chi connectivity index (χ0v) is 27.5. The van der Waals surface area contributed by atoms with Crippen molar-refractivity contribution in [2.75, 3.05) is 18.4 Å². The highest BCUT2D eigenvalue weighted by Gasteiger charge is 2.40. The van der Waals surface area contributed by atoms with E-state index in [4.69, 9.17) is 22.1 Å². The Kier molecular flexibility index (Phi) is 9.99. The molecule has 12 nitrogen and oxygen atoms in total. The number of alkyl halides is 1. The lowest BCUT2D eigenvalue weighted by atomic mass is 10.00. The molecule has 0 aliphatic carbocycles. The number of likely N-dealkylation sites (tertiary alicyclic amines) is 1. The first-order valence-electron chi connectivity index (χ1n) is 15.2. The summed E-state index contributed by atoms with van der Waals surface area (Å²) in [4.78, 5) is 64.6. The lowest BCUT2D eigenvalue weighted by molar-refractivity contribution is -0.137. The van der Waals surface area contributed by atoms with Gasteiger partial charge in [-0.3, -0.25) is 23.9 Å². The van der Waals surface area contributed by atoms with Crippen LogP contribution in [0.2, 0.25) is 5.02 Å². The molecule has 15 heteroatoms. The summed E-state index contributed by atoms with van der Waals surface area (Å²) >= 11 is 6.39.